The van der Waals surface area contributed by atoms with E-state index >= 15 is 4.39 Å². The highest BCUT2D eigenvalue weighted by Crippen LogP contribution is 2.50. The van der Waals surface area contributed by atoms with E-state index in [-0.39, 0.29) is 41.8 Å². The van der Waals surface area contributed by atoms with E-state index in [2.05, 4.69) is 15.0 Å². The van der Waals surface area contributed by atoms with Crippen molar-refractivity contribution in [2.75, 3.05) is 13.7 Å². The molecule has 1 aromatic heterocycles. The first-order valence-electron chi connectivity index (χ1n) is 10.1. The Hall–Kier alpha value is -3.14. The number of carbonyl (C=O) groups excluding carboxylic acids is 1. The van der Waals surface area contributed by atoms with Gasteiger partial charge in [0.15, 0.2) is 5.96 Å². The van der Waals surface area contributed by atoms with Crippen molar-refractivity contribution < 1.29 is 23.0 Å². The second-order valence-electron chi connectivity index (χ2n) is 8.19. The maximum absolute atomic E-state index is 15.1. The molecule has 10 heteroatoms. The van der Waals surface area contributed by atoms with E-state index in [9.17, 15) is 9.18 Å². The number of benzene rings is 1. The van der Waals surface area contributed by atoms with Gasteiger partial charge in [-0.1, -0.05) is 0 Å². The highest BCUT2D eigenvalue weighted by atomic mass is 19.1. The number of aromatic nitrogens is 2. The van der Waals surface area contributed by atoms with Crippen LogP contribution < -0.4 is 10.5 Å². The van der Waals surface area contributed by atoms with Gasteiger partial charge >= 0.3 is 0 Å². The van der Waals surface area contributed by atoms with Gasteiger partial charge in [-0.05, 0) is 43.4 Å². The summed E-state index contributed by atoms with van der Waals surface area (Å²) in [5, 5.41) is 0. The molecular weight excluding hydrogens is 408 g/mol. The number of fused-ring (bicyclic) bond motifs is 1. The molecule has 2 aliphatic heterocycles. The van der Waals surface area contributed by atoms with E-state index in [1.807, 2.05) is 0 Å². The summed E-state index contributed by atoms with van der Waals surface area (Å²) in [5.74, 6) is -1.94. The lowest BCUT2D eigenvalue weighted by Crippen LogP contribution is -2.60. The lowest BCUT2D eigenvalue weighted by molar-refractivity contribution is -0.146. The molecule has 1 aromatic carbocycles. The first-order chi connectivity index (χ1) is 14.9. The van der Waals surface area contributed by atoms with Gasteiger partial charge in [-0.15, -0.1) is 0 Å². The molecule has 3 aliphatic rings. The fourth-order valence-electron chi connectivity index (χ4n) is 4.38. The fraction of sp³-hybridized carbons (Fsp3) is 0.429. The molecule has 3 atom stereocenters. The smallest absolute Gasteiger partial charge is 0.259 e. The lowest BCUT2D eigenvalue weighted by atomic mass is 9.72. The van der Waals surface area contributed by atoms with Crippen molar-refractivity contribution in [3.8, 4) is 11.6 Å². The minimum absolute atomic E-state index is 0.0118. The number of ether oxygens (including phenoxy) is 2. The largest absolute Gasteiger partial charge is 0.436 e. The third-order valence-corrected chi connectivity index (χ3v) is 6.25. The van der Waals surface area contributed by atoms with Crippen LogP contribution in [-0.4, -0.2) is 46.5 Å². The van der Waals surface area contributed by atoms with Gasteiger partial charge in [-0.25, -0.2) is 14.4 Å². The third kappa shape index (κ3) is 3.31. The number of hydrogen-bond acceptors (Lipinski definition) is 7. The number of nitrogens with zero attached hydrogens (tertiary/aromatic N) is 4. The van der Waals surface area contributed by atoms with Gasteiger partial charge in [0, 0.05) is 12.6 Å². The highest BCUT2D eigenvalue weighted by Gasteiger charge is 2.56. The molecule has 8 nitrogen and oxygen atoms in total. The van der Waals surface area contributed by atoms with Crippen LogP contribution in [0.25, 0.3) is 0 Å². The van der Waals surface area contributed by atoms with Crippen LogP contribution in [-0.2, 0) is 15.1 Å². The molecule has 0 bridgehead atoms. The molecule has 1 unspecified atom stereocenters. The molecule has 1 saturated heterocycles. The Bertz CT molecular complexity index is 1080. The van der Waals surface area contributed by atoms with Crippen LogP contribution in [0.3, 0.4) is 0 Å². The number of hydrogen-bond donors (Lipinski definition) is 1. The predicted molar refractivity (Wildman–Crippen MR) is 105 cm³/mol. The first-order valence-corrected chi connectivity index (χ1v) is 10.1. The lowest BCUT2D eigenvalue weighted by Gasteiger charge is -2.47. The summed E-state index contributed by atoms with van der Waals surface area (Å²) in [7, 11) is 1.56. The average Bonchev–Trinajstić information content (AvgIpc) is 3.60. The van der Waals surface area contributed by atoms with E-state index in [4.69, 9.17) is 15.2 Å². The quantitative estimate of drug-likeness (QED) is 0.800. The molecule has 2 N–H and O–H groups in total. The van der Waals surface area contributed by atoms with Gasteiger partial charge in [0.05, 0.1) is 24.8 Å². The molecular formula is C21H21F2N5O3. The van der Waals surface area contributed by atoms with Gasteiger partial charge in [0.25, 0.3) is 5.88 Å². The standard InChI is InChI=1S/C21H21F2N5O3/c1-28-19(29)14-7-17(11-2-3-11)30-9-21(14,27-20(28)24)13-6-12(4-5-15(13)22)31-18-16(23)8-25-10-26-18/h4-6,8,10-11,14,17H,2-3,7,9H2,1H3,(H2,24,27)/t14?,17-,21-/m1/s1. The maximum atomic E-state index is 15.1. The summed E-state index contributed by atoms with van der Waals surface area (Å²) in [6, 6.07) is 3.95. The molecule has 2 fully saturated rings. The van der Waals surface area contributed by atoms with Crippen LogP contribution >= 0.6 is 0 Å². The summed E-state index contributed by atoms with van der Waals surface area (Å²) in [6.07, 6.45) is 4.59. The maximum Gasteiger partial charge on any atom is 0.259 e. The Morgan fingerprint density at radius 2 is 2.10 bits per heavy atom. The van der Waals surface area contributed by atoms with E-state index in [1.165, 1.54) is 23.1 Å². The number of aliphatic imine (C=N–C) groups is 1. The van der Waals surface area contributed by atoms with Gasteiger partial charge in [0.2, 0.25) is 11.7 Å². The van der Waals surface area contributed by atoms with Crippen molar-refractivity contribution in [3.63, 3.8) is 0 Å². The Balaban J connectivity index is 1.57. The molecule has 1 saturated carbocycles. The monoisotopic (exact) mass is 429 g/mol. The molecule has 5 rings (SSSR count). The highest BCUT2D eigenvalue weighted by molar-refractivity contribution is 6.00. The van der Waals surface area contributed by atoms with E-state index in [1.54, 1.807) is 7.05 Å². The van der Waals surface area contributed by atoms with Crippen molar-refractivity contribution in [2.24, 2.45) is 22.6 Å². The van der Waals surface area contributed by atoms with Crippen LogP contribution in [0.5, 0.6) is 11.6 Å². The minimum atomic E-state index is -1.33. The van der Waals surface area contributed by atoms with Gasteiger partial charge in [0.1, 0.15) is 23.4 Å². The molecule has 3 heterocycles. The molecule has 1 aliphatic carbocycles. The number of nitrogens with two attached hydrogens (primary N) is 1. The van der Waals surface area contributed by atoms with Crippen molar-refractivity contribution in [1.82, 2.24) is 14.9 Å². The van der Waals surface area contributed by atoms with Crippen LogP contribution in [0.15, 0.2) is 35.7 Å². The summed E-state index contributed by atoms with van der Waals surface area (Å²) < 4.78 is 40.6. The number of halogens is 2. The molecule has 162 valence electrons. The summed E-state index contributed by atoms with van der Waals surface area (Å²) in [5.41, 5.74) is 4.80. The van der Waals surface area contributed by atoms with Gasteiger partial charge in [-0.2, -0.15) is 9.37 Å². The number of carbonyl (C=O) groups is 1. The first kappa shape index (κ1) is 19.8. The molecule has 0 spiro atoms. The third-order valence-electron chi connectivity index (χ3n) is 6.25. The SMILES string of the molecule is CN1C(=O)C2C[C@H](C3CC3)OC[C@]2(c2cc(Oc3ncncc3F)ccc2F)N=C1N. The average molecular weight is 429 g/mol. The summed E-state index contributed by atoms with van der Waals surface area (Å²) >= 11 is 0. The van der Waals surface area contributed by atoms with Crippen molar-refractivity contribution >= 4 is 11.9 Å². The van der Waals surface area contributed by atoms with E-state index in [0.717, 1.165) is 25.4 Å². The molecule has 0 radical (unpaired) electrons. The molecule has 31 heavy (non-hydrogen) atoms. The Morgan fingerprint density at radius 3 is 2.84 bits per heavy atom. The van der Waals surface area contributed by atoms with Crippen molar-refractivity contribution in [2.45, 2.75) is 30.9 Å². The van der Waals surface area contributed by atoms with Gasteiger partial charge in [-0.3, -0.25) is 9.69 Å². The molecule has 2 aromatic rings. The normalized spacial score (nSPS) is 28.2. The second-order valence-corrected chi connectivity index (χ2v) is 8.19. The zero-order valence-corrected chi connectivity index (χ0v) is 16.8. The Morgan fingerprint density at radius 1 is 1.29 bits per heavy atom. The Labute approximate surface area is 177 Å². The number of guanidine groups is 1. The number of amides is 1. The van der Waals surface area contributed by atoms with E-state index < -0.39 is 23.1 Å². The van der Waals surface area contributed by atoms with Crippen molar-refractivity contribution in [1.29, 1.82) is 0 Å². The minimum Gasteiger partial charge on any atom is -0.436 e. The van der Waals surface area contributed by atoms with Crippen molar-refractivity contribution in [3.05, 3.63) is 47.9 Å². The van der Waals surface area contributed by atoms with Crippen LogP contribution in [0.2, 0.25) is 0 Å². The van der Waals surface area contributed by atoms with Gasteiger partial charge < -0.3 is 15.2 Å². The fourth-order valence-corrected chi connectivity index (χ4v) is 4.38. The Kier molecular flexibility index (Phi) is 4.62. The predicted octanol–water partition coefficient (Wildman–Crippen LogP) is 2.34. The summed E-state index contributed by atoms with van der Waals surface area (Å²) in [6.45, 7) is 0.0152. The van der Waals surface area contributed by atoms with Crippen LogP contribution in [0, 0.1) is 23.5 Å². The van der Waals surface area contributed by atoms with Crippen LogP contribution in [0.1, 0.15) is 24.8 Å². The zero-order chi connectivity index (χ0) is 21.8. The van der Waals surface area contributed by atoms with E-state index in [0.29, 0.717) is 12.3 Å². The van der Waals surface area contributed by atoms with Crippen LogP contribution in [0.4, 0.5) is 8.78 Å². The topological polar surface area (TPSA) is 103 Å². The number of rotatable bonds is 4. The summed E-state index contributed by atoms with van der Waals surface area (Å²) in [4.78, 5) is 26.3. The molecule has 1 amide bonds. The second kappa shape index (κ2) is 7.23. The zero-order valence-electron chi connectivity index (χ0n) is 16.8.